The first kappa shape index (κ1) is 26.0. The zero-order valence-corrected chi connectivity index (χ0v) is 23.5. The molecule has 1 aliphatic carbocycles. The molecule has 2 heterocycles. The lowest BCUT2D eigenvalue weighted by atomic mass is 9.64. The van der Waals surface area contributed by atoms with Crippen LogP contribution in [0.5, 0.6) is 11.5 Å². The van der Waals surface area contributed by atoms with Crippen molar-refractivity contribution in [3.05, 3.63) is 130 Å². The third-order valence-electron chi connectivity index (χ3n) is 9.09. The van der Waals surface area contributed by atoms with Gasteiger partial charge < -0.3 is 14.4 Å². The maximum Gasteiger partial charge on any atom is 0.185 e. The molecule has 0 amide bonds. The van der Waals surface area contributed by atoms with Gasteiger partial charge in [0.05, 0.1) is 20.3 Å². The lowest BCUT2D eigenvalue weighted by Crippen LogP contribution is -2.48. The summed E-state index contributed by atoms with van der Waals surface area (Å²) in [7, 11) is 3.12. The van der Waals surface area contributed by atoms with Crippen LogP contribution in [0.4, 0.5) is 5.69 Å². The van der Waals surface area contributed by atoms with Crippen molar-refractivity contribution in [1.29, 1.82) is 0 Å². The van der Waals surface area contributed by atoms with Gasteiger partial charge in [-0.3, -0.25) is 14.4 Å². The maximum absolute atomic E-state index is 14.8. The number of Topliss-reactive ketones (excluding diaryl/α,β-unsaturated/α-hetero) is 3. The molecule has 4 aromatic carbocycles. The number of benzene rings is 4. The summed E-state index contributed by atoms with van der Waals surface area (Å²) in [6.45, 7) is 1.97. The van der Waals surface area contributed by atoms with Crippen LogP contribution >= 0.6 is 0 Å². The van der Waals surface area contributed by atoms with Gasteiger partial charge in [-0.1, -0.05) is 84.4 Å². The van der Waals surface area contributed by atoms with Gasteiger partial charge in [0.1, 0.15) is 23.0 Å². The van der Waals surface area contributed by atoms with Crippen LogP contribution in [-0.2, 0) is 0 Å². The van der Waals surface area contributed by atoms with E-state index in [0.29, 0.717) is 33.8 Å². The number of hydrogen-bond acceptors (Lipinski definition) is 6. The molecular weight excluding hydrogens is 526 g/mol. The molecule has 7 rings (SSSR count). The SMILES string of the molecule is COc1ccc(OC)c([C@@H]2[C@H](C(=O)c3ccc(C)cc3)N3c4ccccc4C=C[C@H]3C23C(=O)c2ccccc2C3=O)c1. The van der Waals surface area contributed by atoms with Crippen molar-refractivity contribution < 1.29 is 23.9 Å². The summed E-state index contributed by atoms with van der Waals surface area (Å²) in [6.07, 6.45) is 3.88. The van der Waals surface area contributed by atoms with E-state index >= 15 is 0 Å². The van der Waals surface area contributed by atoms with E-state index in [0.717, 1.165) is 16.8 Å². The van der Waals surface area contributed by atoms with Gasteiger partial charge in [0.25, 0.3) is 0 Å². The summed E-state index contributed by atoms with van der Waals surface area (Å²) >= 11 is 0. The highest BCUT2D eigenvalue weighted by Crippen LogP contribution is 2.62. The quantitative estimate of drug-likeness (QED) is 0.212. The van der Waals surface area contributed by atoms with Crippen molar-refractivity contribution in [2.75, 3.05) is 19.1 Å². The van der Waals surface area contributed by atoms with Crippen LogP contribution in [0, 0.1) is 12.3 Å². The second-order valence-corrected chi connectivity index (χ2v) is 11.1. The molecule has 0 N–H and O–H groups in total. The Bertz CT molecular complexity index is 1770. The van der Waals surface area contributed by atoms with Crippen LogP contribution in [-0.4, -0.2) is 43.7 Å². The van der Waals surface area contributed by atoms with Gasteiger partial charge in [0.2, 0.25) is 0 Å². The predicted octanol–water partition coefficient (Wildman–Crippen LogP) is 6.33. The van der Waals surface area contributed by atoms with Crippen LogP contribution in [0.2, 0.25) is 0 Å². The van der Waals surface area contributed by atoms with E-state index in [9.17, 15) is 14.4 Å². The number of carbonyl (C=O) groups excluding carboxylic acids is 3. The molecular formula is C36H29NO5. The van der Waals surface area contributed by atoms with Crippen LogP contribution in [0.25, 0.3) is 6.08 Å². The number of nitrogens with zero attached hydrogens (tertiary/aromatic N) is 1. The minimum absolute atomic E-state index is 0.173. The van der Waals surface area contributed by atoms with E-state index in [1.165, 1.54) is 0 Å². The predicted molar refractivity (Wildman–Crippen MR) is 161 cm³/mol. The van der Waals surface area contributed by atoms with Gasteiger partial charge >= 0.3 is 0 Å². The lowest BCUT2D eigenvalue weighted by molar-refractivity contribution is 0.0664. The molecule has 3 atom stereocenters. The number of rotatable bonds is 5. The monoisotopic (exact) mass is 555 g/mol. The molecule has 1 spiro atoms. The van der Waals surface area contributed by atoms with Crippen LogP contribution < -0.4 is 14.4 Å². The second-order valence-electron chi connectivity index (χ2n) is 11.1. The fourth-order valence-electron chi connectivity index (χ4n) is 7.23. The minimum atomic E-state index is -1.61. The fraction of sp³-hybridized carbons (Fsp3) is 0.194. The van der Waals surface area contributed by atoms with Crippen molar-refractivity contribution in [2.24, 2.45) is 5.41 Å². The van der Waals surface area contributed by atoms with Crippen LogP contribution in [0.15, 0.2) is 97.1 Å². The summed E-state index contributed by atoms with van der Waals surface area (Å²) in [5.41, 5.74) is 2.98. The molecule has 42 heavy (non-hydrogen) atoms. The zero-order valence-electron chi connectivity index (χ0n) is 23.5. The number of anilines is 1. The van der Waals surface area contributed by atoms with Crippen molar-refractivity contribution in [3.8, 4) is 11.5 Å². The molecule has 6 heteroatoms. The first-order valence-corrected chi connectivity index (χ1v) is 14.0. The average Bonchev–Trinajstić information content (AvgIpc) is 3.46. The molecule has 1 fully saturated rings. The number of hydrogen-bond donors (Lipinski definition) is 0. The Hall–Kier alpha value is -4.97. The molecule has 1 saturated heterocycles. The van der Waals surface area contributed by atoms with Gasteiger partial charge in [-0.25, -0.2) is 0 Å². The molecule has 0 saturated carbocycles. The average molecular weight is 556 g/mol. The van der Waals surface area contributed by atoms with Gasteiger partial charge in [-0.15, -0.1) is 0 Å². The Balaban J connectivity index is 1.58. The van der Waals surface area contributed by atoms with Crippen molar-refractivity contribution in [3.63, 3.8) is 0 Å². The van der Waals surface area contributed by atoms with Crippen molar-refractivity contribution in [2.45, 2.75) is 24.9 Å². The summed E-state index contributed by atoms with van der Waals surface area (Å²) in [4.78, 5) is 46.5. The Morgan fingerprint density at radius 3 is 2.14 bits per heavy atom. The summed E-state index contributed by atoms with van der Waals surface area (Å²) < 4.78 is 11.5. The highest BCUT2D eigenvalue weighted by molar-refractivity contribution is 6.32. The first-order chi connectivity index (χ1) is 20.4. The van der Waals surface area contributed by atoms with Crippen molar-refractivity contribution in [1.82, 2.24) is 0 Å². The molecule has 0 aromatic heterocycles. The van der Waals surface area contributed by atoms with Gasteiger partial charge in [-0.05, 0) is 36.8 Å². The Kier molecular flexibility index (Phi) is 5.91. The number of para-hydroxylation sites is 1. The van der Waals surface area contributed by atoms with Crippen LogP contribution in [0.1, 0.15) is 53.7 Å². The number of fused-ring (bicyclic) bond motifs is 5. The summed E-state index contributed by atoms with van der Waals surface area (Å²) in [5.74, 6) is -0.598. The third-order valence-corrected chi connectivity index (χ3v) is 9.09. The van der Waals surface area contributed by atoms with E-state index in [1.807, 2.05) is 72.5 Å². The summed E-state index contributed by atoms with van der Waals surface area (Å²) in [6, 6.07) is 26.0. The molecule has 2 aliphatic heterocycles. The number of ether oxygens (including phenoxy) is 2. The van der Waals surface area contributed by atoms with Crippen molar-refractivity contribution >= 4 is 29.1 Å². The van der Waals surface area contributed by atoms with E-state index in [1.54, 1.807) is 56.7 Å². The number of carbonyl (C=O) groups is 3. The lowest BCUT2D eigenvalue weighted by Gasteiger charge is -2.37. The second kappa shape index (κ2) is 9.55. The van der Waals surface area contributed by atoms with Crippen LogP contribution in [0.3, 0.4) is 0 Å². The molecule has 208 valence electrons. The first-order valence-electron chi connectivity index (χ1n) is 14.0. The highest BCUT2D eigenvalue weighted by atomic mass is 16.5. The highest BCUT2D eigenvalue weighted by Gasteiger charge is 2.72. The Morgan fingerprint density at radius 2 is 1.48 bits per heavy atom. The molecule has 0 unspecified atom stereocenters. The molecule has 6 nitrogen and oxygen atoms in total. The largest absolute Gasteiger partial charge is 0.497 e. The van der Waals surface area contributed by atoms with Gasteiger partial charge in [0.15, 0.2) is 17.3 Å². The number of ketones is 3. The minimum Gasteiger partial charge on any atom is -0.497 e. The maximum atomic E-state index is 14.8. The zero-order chi connectivity index (χ0) is 29.2. The van der Waals surface area contributed by atoms with Gasteiger partial charge in [-0.2, -0.15) is 0 Å². The fourth-order valence-corrected chi connectivity index (χ4v) is 7.23. The molecule has 0 bridgehead atoms. The van der Waals surface area contributed by atoms with Gasteiger partial charge in [0, 0.05) is 33.9 Å². The molecule has 0 radical (unpaired) electrons. The smallest absolute Gasteiger partial charge is 0.185 e. The standard InChI is InChI=1S/C36H29NO5/c1-21-12-14-23(15-13-21)33(38)32-31(27-20-24(41-2)17-18-29(27)42-3)36(34(39)25-9-5-6-10-26(25)35(36)40)30-19-16-22-8-4-7-11-28(22)37(30)32/h4-20,30-32H,1-3H3/t30-,31+,32+/m0/s1. The summed E-state index contributed by atoms with van der Waals surface area (Å²) in [5, 5.41) is 0. The van der Waals surface area contributed by atoms with E-state index in [4.69, 9.17) is 9.47 Å². The van der Waals surface area contributed by atoms with E-state index < -0.39 is 23.4 Å². The third kappa shape index (κ3) is 3.41. The topological polar surface area (TPSA) is 72.9 Å². The Labute approximate surface area is 244 Å². The molecule has 4 aromatic rings. The number of aryl methyl sites for hydroxylation is 1. The van der Waals surface area contributed by atoms with E-state index in [2.05, 4.69) is 0 Å². The Morgan fingerprint density at radius 1 is 0.810 bits per heavy atom. The molecule has 3 aliphatic rings. The van der Waals surface area contributed by atoms with E-state index in [-0.39, 0.29) is 17.3 Å². The normalized spacial score (nSPS) is 21.2. The number of methoxy groups -OCH3 is 2.